The lowest BCUT2D eigenvalue weighted by molar-refractivity contribution is 0.456. The Morgan fingerprint density at radius 2 is 1.02 bits per heavy atom. The van der Waals surface area contributed by atoms with Gasteiger partial charge in [0.1, 0.15) is 11.5 Å². The maximum absolute atomic E-state index is 6.71. The van der Waals surface area contributed by atoms with Crippen molar-refractivity contribution >= 4 is 55.0 Å². The van der Waals surface area contributed by atoms with E-state index >= 15 is 0 Å². The lowest BCUT2D eigenvalue weighted by atomic mass is 9.87. The highest BCUT2D eigenvalue weighted by molar-refractivity contribution is 7.99. The summed E-state index contributed by atoms with van der Waals surface area (Å²) in [4.78, 5) is 6.90. The van der Waals surface area contributed by atoms with Gasteiger partial charge in [0.25, 0.3) is 0 Å². The molecular weight excluding hydrogens is 603 g/mol. The average molecular weight is 630 g/mol. The van der Waals surface area contributed by atoms with E-state index in [9.17, 15) is 0 Å². The van der Waals surface area contributed by atoms with Crippen LogP contribution in [0.4, 0.5) is 0 Å². The summed E-state index contributed by atoms with van der Waals surface area (Å²) in [7, 11) is 0. The number of para-hydroxylation sites is 2. The van der Waals surface area contributed by atoms with Crippen LogP contribution in [0.2, 0.25) is 0 Å². The van der Waals surface area contributed by atoms with Gasteiger partial charge in [-0.05, 0) is 103 Å². The van der Waals surface area contributed by atoms with E-state index in [1.54, 1.807) is 11.8 Å². The van der Waals surface area contributed by atoms with E-state index in [1.807, 2.05) is 18.3 Å². The number of pyridine rings is 1. The number of hydrogen-bond donors (Lipinski definition) is 0. The topological polar surface area (TPSA) is 22.1 Å². The predicted molar refractivity (Wildman–Crippen MR) is 201 cm³/mol. The highest BCUT2D eigenvalue weighted by Crippen LogP contribution is 2.52. The molecule has 0 N–H and O–H groups in total. The van der Waals surface area contributed by atoms with Gasteiger partial charge in [-0.25, -0.2) is 0 Å². The number of aromatic nitrogens is 1. The van der Waals surface area contributed by atoms with Gasteiger partial charge in [0, 0.05) is 17.1 Å². The molecule has 0 aliphatic carbocycles. The summed E-state index contributed by atoms with van der Waals surface area (Å²) in [6.07, 6.45) is 1.86. The minimum Gasteiger partial charge on any atom is -0.454 e. The van der Waals surface area contributed by atoms with Gasteiger partial charge in [0.15, 0.2) is 0 Å². The van der Waals surface area contributed by atoms with E-state index in [0.29, 0.717) is 0 Å². The molecule has 48 heavy (non-hydrogen) atoms. The largest absolute Gasteiger partial charge is 0.454 e. The van der Waals surface area contributed by atoms with Crippen LogP contribution < -0.4 is 4.74 Å². The van der Waals surface area contributed by atoms with Gasteiger partial charge in [-0.3, -0.25) is 4.98 Å². The number of benzene rings is 8. The zero-order chi connectivity index (χ0) is 31.6. The Balaban J connectivity index is 1.24. The summed E-state index contributed by atoms with van der Waals surface area (Å²) in [5.41, 5.74) is 7.84. The van der Waals surface area contributed by atoms with Gasteiger partial charge >= 0.3 is 0 Å². The van der Waals surface area contributed by atoms with Crippen LogP contribution in [0.3, 0.4) is 0 Å². The first-order valence-electron chi connectivity index (χ1n) is 16.2. The van der Waals surface area contributed by atoms with Crippen LogP contribution in [0.15, 0.2) is 174 Å². The zero-order valence-electron chi connectivity index (χ0n) is 25.9. The standard InChI is InChI=1S/C45H27NOS/c1-2-12-34-32(10-1)33-11-3-4-13-35(33)40-27-29(22-24-36(34)40)31-23-21-28(30-14-7-17-41-37(30)16-9-25-46-41)26-39(31)38-15-8-20-44-45(38)47-42-18-5-6-19-43(42)48-44/h1-27H. The first-order chi connectivity index (χ1) is 23.8. The second-order valence-corrected chi connectivity index (χ2v) is 13.4. The Hall–Kier alpha value is -5.90. The van der Waals surface area contributed by atoms with Crippen molar-refractivity contribution in [3.05, 3.63) is 164 Å². The Morgan fingerprint density at radius 1 is 0.396 bits per heavy atom. The molecule has 1 aliphatic heterocycles. The molecule has 0 atom stereocenters. The van der Waals surface area contributed by atoms with Crippen molar-refractivity contribution < 1.29 is 4.74 Å². The molecule has 2 heterocycles. The quantitative estimate of drug-likeness (QED) is 0.182. The van der Waals surface area contributed by atoms with Crippen LogP contribution in [0, 0.1) is 0 Å². The van der Waals surface area contributed by atoms with Crippen LogP contribution in [0.25, 0.3) is 76.6 Å². The van der Waals surface area contributed by atoms with E-state index in [1.165, 1.54) is 37.9 Å². The molecule has 0 saturated carbocycles. The van der Waals surface area contributed by atoms with E-state index in [4.69, 9.17) is 4.74 Å². The fourth-order valence-corrected chi connectivity index (χ4v) is 8.36. The molecule has 0 unspecified atom stereocenters. The Morgan fingerprint density at radius 3 is 1.85 bits per heavy atom. The second-order valence-electron chi connectivity index (χ2n) is 12.3. The van der Waals surface area contributed by atoms with Crippen molar-refractivity contribution in [2.24, 2.45) is 0 Å². The number of nitrogens with zero attached hydrogens (tertiary/aromatic N) is 1. The van der Waals surface area contributed by atoms with E-state index in [2.05, 4.69) is 151 Å². The Kier molecular flexibility index (Phi) is 6.15. The van der Waals surface area contributed by atoms with Crippen LogP contribution in [-0.4, -0.2) is 4.98 Å². The minimum absolute atomic E-state index is 0.893. The monoisotopic (exact) mass is 629 g/mol. The SMILES string of the molecule is c1ccc2c(c1)Oc1c(cccc1-c1cc(-c3cccc4ncccc34)ccc1-c1ccc3c4ccccc4c4ccccc4c3c1)S2. The third-order valence-corrected chi connectivity index (χ3v) is 10.7. The summed E-state index contributed by atoms with van der Waals surface area (Å²) < 4.78 is 6.71. The lowest BCUT2D eigenvalue weighted by Crippen LogP contribution is -1.98. The average Bonchev–Trinajstić information content (AvgIpc) is 3.16. The molecule has 0 fully saturated rings. The van der Waals surface area contributed by atoms with Crippen molar-refractivity contribution in [2.45, 2.75) is 9.79 Å². The fourth-order valence-electron chi connectivity index (χ4n) is 7.38. The number of rotatable bonds is 3. The minimum atomic E-state index is 0.893. The fraction of sp³-hybridized carbons (Fsp3) is 0. The number of fused-ring (bicyclic) bond motifs is 9. The molecule has 2 nitrogen and oxygen atoms in total. The molecule has 224 valence electrons. The molecule has 0 bridgehead atoms. The van der Waals surface area contributed by atoms with Crippen molar-refractivity contribution in [3.8, 4) is 44.9 Å². The van der Waals surface area contributed by atoms with Crippen molar-refractivity contribution in [3.63, 3.8) is 0 Å². The smallest absolute Gasteiger partial charge is 0.149 e. The molecule has 0 radical (unpaired) electrons. The molecule has 1 aromatic heterocycles. The Labute approximate surface area is 282 Å². The molecule has 8 aromatic carbocycles. The number of ether oxygens (including phenoxy) is 1. The van der Waals surface area contributed by atoms with Crippen LogP contribution in [0.1, 0.15) is 0 Å². The summed E-state index contributed by atoms with van der Waals surface area (Å²) in [5, 5.41) is 8.77. The predicted octanol–water partition coefficient (Wildman–Crippen LogP) is 13.0. The maximum Gasteiger partial charge on any atom is 0.149 e. The third kappa shape index (κ3) is 4.25. The van der Waals surface area contributed by atoms with Gasteiger partial charge in [0.05, 0.1) is 15.3 Å². The number of hydrogen-bond acceptors (Lipinski definition) is 3. The van der Waals surface area contributed by atoms with Crippen molar-refractivity contribution in [1.82, 2.24) is 4.98 Å². The van der Waals surface area contributed by atoms with Crippen LogP contribution in [-0.2, 0) is 0 Å². The van der Waals surface area contributed by atoms with Gasteiger partial charge in [-0.1, -0.05) is 127 Å². The van der Waals surface area contributed by atoms with Crippen LogP contribution in [0.5, 0.6) is 11.5 Å². The first-order valence-corrected chi connectivity index (χ1v) is 17.0. The molecule has 1 aliphatic rings. The van der Waals surface area contributed by atoms with Gasteiger partial charge in [-0.15, -0.1) is 0 Å². The van der Waals surface area contributed by atoms with E-state index in [0.717, 1.165) is 60.0 Å². The lowest BCUT2D eigenvalue weighted by Gasteiger charge is -2.23. The molecule has 0 saturated heterocycles. The molecule has 0 amide bonds. The van der Waals surface area contributed by atoms with E-state index < -0.39 is 0 Å². The zero-order valence-corrected chi connectivity index (χ0v) is 26.7. The Bertz CT molecular complexity index is 2710. The second kappa shape index (κ2) is 10.8. The molecule has 10 rings (SSSR count). The highest BCUT2D eigenvalue weighted by Gasteiger charge is 2.23. The maximum atomic E-state index is 6.71. The summed E-state index contributed by atoms with van der Waals surface area (Å²) in [5.74, 6) is 1.79. The van der Waals surface area contributed by atoms with E-state index in [-0.39, 0.29) is 0 Å². The first kappa shape index (κ1) is 27.2. The summed E-state index contributed by atoms with van der Waals surface area (Å²) >= 11 is 1.77. The molecule has 0 spiro atoms. The molecule has 3 heteroatoms. The third-order valence-electron chi connectivity index (χ3n) is 9.58. The van der Waals surface area contributed by atoms with Gasteiger partial charge < -0.3 is 4.74 Å². The van der Waals surface area contributed by atoms with Gasteiger partial charge in [0.2, 0.25) is 0 Å². The van der Waals surface area contributed by atoms with Crippen molar-refractivity contribution in [1.29, 1.82) is 0 Å². The molecule has 9 aromatic rings. The normalized spacial score (nSPS) is 12.2. The van der Waals surface area contributed by atoms with Crippen LogP contribution >= 0.6 is 11.8 Å². The molecular formula is C45H27NOS. The highest BCUT2D eigenvalue weighted by atomic mass is 32.2. The summed E-state index contributed by atoms with van der Waals surface area (Å²) in [6.45, 7) is 0. The van der Waals surface area contributed by atoms with Gasteiger partial charge in [-0.2, -0.15) is 0 Å². The summed E-state index contributed by atoms with van der Waals surface area (Å²) in [6, 6.07) is 56.7. The van der Waals surface area contributed by atoms with Crippen molar-refractivity contribution in [2.75, 3.05) is 0 Å².